The highest BCUT2D eigenvalue weighted by Gasteiger charge is 2.31. The van der Waals surface area contributed by atoms with E-state index in [0.29, 0.717) is 11.3 Å². The minimum atomic E-state index is -4.22. The summed E-state index contributed by atoms with van der Waals surface area (Å²) in [5, 5.41) is 8.98. The summed E-state index contributed by atoms with van der Waals surface area (Å²) in [5.74, 6) is -1.88. The molecule has 2 N–H and O–H groups in total. The summed E-state index contributed by atoms with van der Waals surface area (Å²) in [7, 11) is -2.10. The molecule has 1 aromatic rings. The predicted octanol–water partition coefficient (Wildman–Crippen LogP) is -1.26. The molecule has 1 rings (SSSR count). The van der Waals surface area contributed by atoms with Crippen LogP contribution in [0.15, 0.2) is 9.72 Å². The lowest BCUT2D eigenvalue weighted by atomic mass is 10.3. The number of hydrogen-bond donors (Lipinski definition) is 2. The third-order valence-electron chi connectivity index (χ3n) is 2.12. The largest absolute Gasteiger partial charge is 0.468 e. The highest BCUT2D eigenvalue weighted by atomic mass is 32.2. The minimum Gasteiger partial charge on any atom is -0.468 e. The zero-order valence-electron chi connectivity index (χ0n) is 10.5. The third-order valence-corrected chi connectivity index (χ3v) is 4.96. The van der Waals surface area contributed by atoms with Gasteiger partial charge in [0.1, 0.15) is 6.04 Å². The molecule has 1 heterocycles. The van der Waals surface area contributed by atoms with E-state index in [0.717, 1.165) is 19.7 Å². The highest BCUT2D eigenvalue weighted by Crippen LogP contribution is 2.20. The van der Waals surface area contributed by atoms with Crippen LogP contribution in [0.3, 0.4) is 0 Å². The SMILES string of the molecule is COC(=O)c1ncsc1S(=O)(=O)NC(CO)C(=O)OC. The Kier molecular flexibility index (Phi) is 5.56. The third kappa shape index (κ3) is 3.50. The Morgan fingerprint density at radius 1 is 1.45 bits per heavy atom. The van der Waals surface area contributed by atoms with Crippen molar-refractivity contribution in [2.45, 2.75) is 10.3 Å². The molecule has 0 bridgehead atoms. The van der Waals surface area contributed by atoms with Crippen molar-refractivity contribution in [1.82, 2.24) is 9.71 Å². The molecule has 0 aliphatic rings. The fraction of sp³-hybridized carbons (Fsp3) is 0.444. The Hall–Kier alpha value is -1.56. The summed E-state index contributed by atoms with van der Waals surface area (Å²) >= 11 is 0.676. The van der Waals surface area contributed by atoms with Crippen LogP contribution in [0.2, 0.25) is 0 Å². The van der Waals surface area contributed by atoms with E-state index >= 15 is 0 Å². The second kappa shape index (κ2) is 6.74. The van der Waals surface area contributed by atoms with E-state index in [1.165, 1.54) is 0 Å². The number of esters is 2. The van der Waals surface area contributed by atoms with Crippen molar-refractivity contribution in [1.29, 1.82) is 0 Å². The van der Waals surface area contributed by atoms with Crippen LogP contribution >= 0.6 is 11.3 Å². The van der Waals surface area contributed by atoms with Gasteiger partial charge in [0, 0.05) is 0 Å². The van der Waals surface area contributed by atoms with Crippen LogP contribution in [0.4, 0.5) is 0 Å². The Morgan fingerprint density at radius 3 is 2.60 bits per heavy atom. The number of carbonyl (C=O) groups excluding carboxylic acids is 2. The van der Waals surface area contributed by atoms with E-state index in [1.54, 1.807) is 0 Å². The van der Waals surface area contributed by atoms with Crippen molar-refractivity contribution in [3.05, 3.63) is 11.2 Å². The molecule has 0 radical (unpaired) electrons. The van der Waals surface area contributed by atoms with Gasteiger partial charge in [-0.25, -0.2) is 18.2 Å². The number of aliphatic hydroxyl groups excluding tert-OH is 1. The molecule has 0 aromatic carbocycles. The number of sulfonamides is 1. The molecular weight excluding hydrogens is 312 g/mol. The van der Waals surface area contributed by atoms with Crippen molar-refractivity contribution in [3.8, 4) is 0 Å². The van der Waals surface area contributed by atoms with Crippen LogP contribution in [-0.4, -0.2) is 57.3 Å². The monoisotopic (exact) mass is 324 g/mol. The van der Waals surface area contributed by atoms with Gasteiger partial charge in [0.15, 0.2) is 9.90 Å². The molecule has 112 valence electrons. The standard InChI is InChI=1S/C9H12N2O7S2/c1-17-7(13)5(3-12)11-20(15,16)9-6(8(14)18-2)10-4-19-9/h4-5,11-12H,3H2,1-2H3. The first-order valence-electron chi connectivity index (χ1n) is 5.10. The van der Waals surface area contributed by atoms with Crippen molar-refractivity contribution in [2.75, 3.05) is 20.8 Å². The normalized spacial score (nSPS) is 12.8. The molecule has 0 spiro atoms. The van der Waals surface area contributed by atoms with Crippen LogP contribution in [-0.2, 0) is 24.3 Å². The molecule has 0 saturated carbocycles. The second-order valence-electron chi connectivity index (χ2n) is 3.36. The number of aromatic nitrogens is 1. The number of aliphatic hydroxyl groups is 1. The Bertz CT molecular complexity index is 595. The van der Waals surface area contributed by atoms with E-state index in [9.17, 15) is 18.0 Å². The second-order valence-corrected chi connectivity index (χ2v) is 6.12. The first-order chi connectivity index (χ1) is 9.37. The maximum Gasteiger partial charge on any atom is 0.358 e. The van der Waals surface area contributed by atoms with E-state index < -0.39 is 44.5 Å². The number of rotatable bonds is 6. The lowest BCUT2D eigenvalue weighted by molar-refractivity contribution is -0.143. The number of ether oxygens (including phenoxy) is 2. The van der Waals surface area contributed by atoms with Gasteiger partial charge in [0.25, 0.3) is 10.0 Å². The minimum absolute atomic E-state index is 0.397. The van der Waals surface area contributed by atoms with Crippen molar-refractivity contribution in [2.24, 2.45) is 0 Å². The summed E-state index contributed by atoms with van der Waals surface area (Å²) in [6.45, 7) is -0.793. The molecule has 11 heteroatoms. The van der Waals surface area contributed by atoms with Crippen LogP contribution in [0.1, 0.15) is 10.5 Å². The summed E-state index contributed by atoms with van der Waals surface area (Å²) in [6.07, 6.45) is 0. The molecule has 20 heavy (non-hydrogen) atoms. The van der Waals surface area contributed by atoms with E-state index in [2.05, 4.69) is 14.5 Å². The average Bonchev–Trinajstić information content (AvgIpc) is 2.93. The summed E-state index contributed by atoms with van der Waals surface area (Å²) < 4.78 is 34.4. The van der Waals surface area contributed by atoms with Crippen LogP contribution in [0, 0.1) is 0 Å². The van der Waals surface area contributed by atoms with Crippen LogP contribution < -0.4 is 4.72 Å². The van der Waals surface area contributed by atoms with Crippen LogP contribution in [0.5, 0.6) is 0 Å². The van der Waals surface area contributed by atoms with Gasteiger partial charge < -0.3 is 14.6 Å². The van der Waals surface area contributed by atoms with Gasteiger partial charge in [0.05, 0.1) is 26.3 Å². The van der Waals surface area contributed by atoms with Crippen molar-refractivity contribution < 1.29 is 32.6 Å². The van der Waals surface area contributed by atoms with E-state index in [4.69, 9.17) is 5.11 Å². The number of nitrogens with one attached hydrogen (secondary N) is 1. The topological polar surface area (TPSA) is 132 Å². The lowest BCUT2D eigenvalue weighted by Crippen LogP contribution is -2.44. The average molecular weight is 324 g/mol. The highest BCUT2D eigenvalue weighted by molar-refractivity contribution is 7.91. The zero-order valence-corrected chi connectivity index (χ0v) is 12.2. The molecule has 9 nitrogen and oxygen atoms in total. The smallest absolute Gasteiger partial charge is 0.358 e. The molecule has 0 aliphatic carbocycles. The maximum atomic E-state index is 12.1. The Morgan fingerprint density at radius 2 is 2.10 bits per heavy atom. The van der Waals surface area contributed by atoms with Gasteiger partial charge in [-0.1, -0.05) is 0 Å². The van der Waals surface area contributed by atoms with Gasteiger partial charge >= 0.3 is 11.9 Å². The molecular formula is C9H12N2O7S2. The first kappa shape index (κ1) is 16.5. The number of methoxy groups -OCH3 is 2. The van der Waals surface area contributed by atoms with Gasteiger partial charge in [-0.15, -0.1) is 11.3 Å². The lowest BCUT2D eigenvalue weighted by Gasteiger charge is -2.13. The molecule has 0 fully saturated rings. The van der Waals surface area contributed by atoms with E-state index in [-0.39, 0.29) is 0 Å². The molecule has 1 unspecified atom stereocenters. The molecule has 1 atom stereocenters. The number of hydrogen-bond acceptors (Lipinski definition) is 9. The van der Waals surface area contributed by atoms with Crippen molar-refractivity contribution >= 4 is 33.3 Å². The van der Waals surface area contributed by atoms with Crippen molar-refractivity contribution in [3.63, 3.8) is 0 Å². The molecule has 1 aromatic heterocycles. The molecule has 0 aliphatic heterocycles. The van der Waals surface area contributed by atoms with Gasteiger partial charge in [0.2, 0.25) is 0 Å². The first-order valence-corrected chi connectivity index (χ1v) is 7.46. The van der Waals surface area contributed by atoms with Gasteiger partial charge in [-0.05, 0) is 0 Å². The summed E-state index contributed by atoms with van der Waals surface area (Å²) in [4.78, 5) is 26.2. The number of thiazole rings is 1. The summed E-state index contributed by atoms with van der Waals surface area (Å²) in [6, 6.07) is -1.47. The fourth-order valence-corrected chi connectivity index (χ4v) is 3.53. The van der Waals surface area contributed by atoms with Gasteiger partial charge in [-0.2, -0.15) is 4.72 Å². The predicted molar refractivity (Wildman–Crippen MR) is 66.7 cm³/mol. The molecule has 0 saturated heterocycles. The quantitative estimate of drug-likeness (QED) is 0.620. The Labute approximate surface area is 118 Å². The number of carbonyl (C=O) groups is 2. The maximum absolute atomic E-state index is 12.1. The zero-order chi connectivity index (χ0) is 15.3. The summed E-state index contributed by atoms with van der Waals surface area (Å²) in [5.41, 5.74) is 0.749. The molecule has 0 amide bonds. The number of nitrogens with zero attached hydrogens (tertiary/aromatic N) is 1. The van der Waals surface area contributed by atoms with Crippen LogP contribution in [0.25, 0.3) is 0 Å². The van der Waals surface area contributed by atoms with Gasteiger partial charge in [-0.3, -0.25) is 4.79 Å². The fourth-order valence-electron chi connectivity index (χ4n) is 1.20. The Balaban J connectivity index is 3.09. The van der Waals surface area contributed by atoms with E-state index in [1.807, 2.05) is 4.72 Å².